The summed E-state index contributed by atoms with van der Waals surface area (Å²) in [6.07, 6.45) is -0.441. The van der Waals surface area contributed by atoms with Gasteiger partial charge in [-0.3, -0.25) is 4.79 Å². The van der Waals surface area contributed by atoms with Crippen LogP contribution in [0.3, 0.4) is 0 Å². The third-order valence-electron chi connectivity index (χ3n) is 2.50. The summed E-state index contributed by atoms with van der Waals surface area (Å²) in [7, 11) is 0. The molecule has 1 heterocycles. The van der Waals surface area contributed by atoms with E-state index in [4.69, 9.17) is 4.74 Å². The molecular formula is C11H13NO3. The standard InChI is InChI=1S/C11H13NO3/c1-8(13)12-6-7-15-11(12)9-4-2-3-5-10(9)14/h2-5,11,14H,6-7H2,1H3/t11-/m0/s1. The highest BCUT2D eigenvalue weighted by molar-refractivity contribution is 5.74. The molecule has 0 saturated carbocycles. The van der Waals surface area contributed by atoms with Gasteiger partial charge in [0, 0.05) is 19.0 Å². The molecule has 1 aromatic rings. The van der Waals surface area contributed by atoms with Gasteiger partial charge in [-0.05, 0) is 6.07 Å². The van der Waals surface area contributed by atoms with Gasteiger partial charge < -0.3 is 14.7 Å². The predicted octanol–water partition coefficient (Wildman–Crippen LogP) is 1.27. The Hall–Kier alpha value is -1.55. The zero-order valence-corrected chi connectivity index (χ0v) is 8.51. The molecule has 1 aromatic carbocycles. The minimum Gasteiger partial charge on any atom is -0.507 e. The molecule has 4 nitrogen and oxygen atoms in total. The van der Waals surface area contributed by atoms with Crippen molar-refractivity contribution in [3.63, 3.8) is 0 Å². The van der Waals surface area contributed by atoms with Crippen LogP contribution in [-0.4, -0.2) is 29.1 Å². The first-order valence-corrected chi connectivity index (χ1v) is 4.87. The second-order valence-electron chi connectivity index (χ2n) is 3.49. The Morgan fingerprint density at radius 2 is 2.27 bits per heavy atom. The maximum Gasteiger partial charge on any atom is 0.221 e. The summed E-state index contributed by atoms with van der Waals surface area (Å²) in [4.78, 5) is 12.9. The fraction of sp³-hybridized carbons (Fsp3) is 0.364. The molecule has 1 fully saturated rings. The third-order valence-corrected chi connectivity index (χ3v) is 2.50. The summed E-state index contributed by atoms with van der Waals surface area (Å²) in [6, 6.07) is 6.91. The molecule has 1 N–H and O–H groups in total. The molecular weight excluding hydrogens is 194 g/mol. The van der Waals surface area contributed by atoms with E-state index in [9.17, 15) is 9.90 Å². The SMILES string of the molecule is CC(=O)N1CCO[C@H]1c1ccccc1O. The minimum atomic E-state index is -0.441. The lowest BCUT2D eigenvalue weighted by Crippen LogP contribution is -2.28. The van der Waals surface area contributed by atoms with Crippen LogP contribution >= 0.6 is 0 Å². The Labute approximate surface area is 88.1 Å². The number of phenolic OH excluding ortho intramolecular Hbond substituents is 1. The van der Waals surface area contributed by atoms with Crippen LogP contribution in [-0.2, 0) is 9.53 Å². The molecule has 80 valence electrons. The molecule has 1 amide bonds. The van der Waals surface area contributed by atoms with Crippen molar-refractivity contribution < 1.29 is 14.6 Å². The largest absolute Gasteiger partial charge is 0.507 e. The van der Waals surface area contributed by atoms with E-state index in [0.717, 1.165) is 0 Å². The van der Waals surface area contributed by atoms with Crippen LogP contribution in [0.25, 0.3) is 0 Å². The van der Waals surface area contributed by atoms with Gasteiger partial charge in [0.15, 0.2) is 6.23 Å². The van der Waals surface area contributed by atoms with Crippen molar-refractivity contribution in [1.82, 2.24) is 4.90 Å². The first-order chi connectivity index (χ1) is 7.20. The van der Waals surface area contributed by atoms with Gasteiger partial charge in [-0.1, -0.05) is 18.2 Å². The molecule has 2 rings (SSSR count). The number of phenols is 1. The Morgan fingerprint density at radius 3 is 2.93 bits per heavy atom. The predicted molar refractivity (Wildman–Crippen MR) is 54.2 cm³/mol. The van der Waals surface area contributed by atoms with E-state index >= 15 is 0 Å². The highest BCUT2D eigenvalue weighted by atomic mass is 16.5. The van der Waals surface area contributed by atoms with Gasteiger partial charge >= 0.3 is 0 Å². The third kappa shape index (κ3) is 1.80. The molecule has 1 saturated heterocycles. The van der Waals surface area contributed by atoms with Crippen LogP contribution in [0.4, 0.5) is 0 Å². The molecule has 15 heavy (non-hydrogen) atoms. The van der Waals surface area contributed by atoms with Gasteiger partial charge in [0.05, 0.1) is 6.61 Å². The Balaban J connectivity index is 2.30. The molecule has 0 bridgehead atoms. The Kier molecular flexibility index (Phi) is 2.60. The first kappa shape index (κ1) is 9.98. The van der Waals surface area contributed by atoms with Gasteiger partial charge in [0.25, 0.3) is 0 Å². The van der Waals surface area contributed by atoms with Crippen LogP contribution < -0.4 is 0 Å². The number of carbonyl (C=O) groups excluding carboxylic acids is 1. The van der Waals surface area contributed by atoms with E-state index in [-0.39, 0.29) is 11.7 Å². The second kappa shape index (κ2) is 3.90. The average Bonchev–Trinajstić information content (AvgIpc) is 2.67. The van der Waals surface area contributed by atoms with Crippen LogP contribution in [0.5, 0.6) is 5.75 Å². The second-order valence-corrected chi connectivity index (χ2v) is 3.49. The van der Waals surface area contributed by atoms with Crippen LogP contribution in [0.15, 0.2) is 24.3 Å². The summed E-state index contributed by atoms with van der Waals surface area (Å²) < 4.78 is 5.44. The van der Waals surface area contributed by atoms with E-state index in [2.05, 4.69) is 0 Å². The monoisotopic (exact) mass is 207 g/mol. The Bertz CT molecular complexity index is 378. The molecule has 0 aliphatic carbocycles. The van der Waals surface area contributed by atoms with Crippen molar-refractivity contribution in [1.29, 1.82) is 0 Å². The number of benzene rings is 1. The molecule has 0 unspecified atom stereocenters. The summed E-state index contributed by atoms with van der Waals surface area (Å²) >= 11 is 0. The molecule has 0 aromatic heterocycles. The molecule has 1 aliphatic heterocycles. The van der Waals surface area contributed by atoms with E-state index in [1.165, 1.54) is 6.92 Å². The summed E-state index contributed by atoms with van der Waals surface area (Å²) in [6.45, 7) is 2.59. The number of ether oxygens (including phenoxy) is 1. The summed E-state index contributed by atoms with van der Waals surface area (Å²) in [5, 5.41) is 9.65. The quantitative estimate of drug-likeness (QED) is 0.754. The van der Waals surface area contributed by atoms with Gasteiger partial charge in [-0.2, -0.15) is 0 Å². The van der Waals surface area contributed by atoms with Crippen molar-refractivity contribution in [3.05, 3.63) is 29.8 Å². The maximum atomic E-state index is 11.3. The van der Waals surface area contributed by atoms with Crippen molar-refractivity contribution >= 4 is 5.91 Å². The van der Waals surface area contributed by atoms with E-state index in [1.807, 2.05) is 6.07 Å². The van der Waals surface area contributed by atoms with Gasteiger partial charge in [-0.25, -0.2) is 0 Å². The number of hydrogen-bond acceptors (Lipinski definition) is 3. The minimum absolute atomic E-state index is 0.0410. The fourth-order valence-electron chi connectivity index (χ4n) is 1.75. The van der Waals surface area contributed by atoms with Gasteiger partial charge in [0.1, 0.15) is 5.75 Å². The van der Waals surface area contributed by atoms with Crippen LogP contribution in [0.2, 0.25) is 0 Å². The van der Waals surface area contributed by atoms with Crippen molar-refractivity contribution in [2.24, 2.45) is 0 Å². The maximum absolute atomic E-state index is 11.3. The lowest BCUT2D eigenvalue weighted by molar-refractivity contribution is -0.133. The normalized spacial score (nSPS) is 20.6. The lowest BCUT2D eigenvalue weighted by Gasteiger charge is -2.22. The number of rotatable bonds is 1. The highest BCUT2D eigenvalue weighted by Gasteiger charge is 2.30. The zero-order valence-electron chi connectivity index (χ0n) is 8.51. The molecule has 0 spiro atoms. The van der Waals surface area contributed by atoms with E-state index < -0.39 is 6.23 Å². The number of amides is 1. The first-order valence-electron chi connectivity index (χ1n) is 4.87. The number of nitrogens with zero attached hydrogens (tertiary/aromatic N) is 1. The van der Waals surface area contributed by atoms with Gasteiger partial charge in [-0.15, -0.1) is 0 Å². The highest BCUT2D eigenvalue weighted by Crippen LogP contribution is 2.32. The molecule has 1 atom stereocenters. The van der Waals surface area contributed by atoms with Crippen molar-refractivity contribution in [3.8, 4) is 5.75 Å². The number of hydrogen-bond donors (Lipinski definition) is 1. The molecule has 4 heteroatoms. The van der Waals surface area contributed by atoms with Crippen molar-refractivity contribution in [2.75, 3.05) is 13.2 Å². The van der Waals surface area contributed by atoms with Crippen molar-refractivity contribution in [2.45, 2.75) is 13.2 Å². The van der Waals surface area contributed by atoms with E-state index in [1.54, 1.807) is 23.1 Å². The number of carbonyl (C=O) groups is 1. The topological polar surface area (TPSA) is 49.8 Å². The average molecular weight is 207 g/mol. The van der Waals surface area contributed by atoms with Crippen LogP contribution in [0.1, 0.15) is 18.7 Å². The summed E-state index contributed by atoms with van der Waals surface area (Å²) in [5.41, 5.74) is 0.644. The van der Waals surface area contributed by atoms with Crippen LogP contribution in [0, 0.1) is 0 Å². The molecule has 0 radical (unpaired) electrons. The molecule has 1 aliphatic rings. The number of aromatic hydroxyl groups is 1. The zero-order chi connectivity index (χ0) is 10.8. The fourth-order valence-corrected chi connectivity index (χ4v) is 1.75. The lowest BCUT2D eigenvalue weighted by atomic mass is 10.1. The van der Waals surface area contributed by atoms with E-state index in [0.29, 0.717) is 18.7 Å². The Morgan fingerprint density at radius 1 is 1.53 bits per heavy atom. The summed E-state index contributed by atoms with van der Waals surface area (Å²) in [5.74, 6) is 0.122. The number of para-hydroxylation sites is 1. The van der Waals surface area contributed by atoms with Gasteiger partial charge in [0.2, 0.25) is 5.91 Å². The smallest absolute Gasteiger partial charge is 0.221 e.